The average molecular weight is 333 g/mol. The Morgan fingerprint density at radius 2 is 2.00 bits per heavy atom. The molecule has 6 heteroatoms. The van der Waals surface area contributed by atoms with E-state index < -0.39 is 6.10 Å². The van der Waals surface area contributed by atoms with Crippen LogP contribution in [-0.4, -0.2) is 57.7 Å². The predicted octanol–water partition coefficient (Wildman–Crippen LogP) is 1.62. The first-order chi connectivity index (χ1) is 11.1. The van der Waals surface area contributed by atoms with Crippen molar-refractivity contribution >= 4 is 17.2 Å². The maximum absolute atomic E-state index is 11.8. The molecule has 1 atom stereocenters. The van der Waals surface area contributed by atoms with Gasteiger partial charge in [0.2, 0.25) is 0 Å². The van der Waals surface area contributed by atoms with E-state index in [1.54, 1.807) is 16.2 Å². The zero-order chi connectivity index (χ0) is 16.2. The van der Waals surface area contributed by atoms with Crippen LogP contribution in [-0.2, 0) is 17.9 Å². The van der Waals surface area contributed by atoms with Gasteiger partial charge < -0.3 is 14.6 Å². The van der Waals surface area contributed by atoms with Crippen LogP contribution in [0.3, 0.4) is 0 Å². The van der Waals surface area contributed by atoms with Gasteiger partial charge in [-0.25, -0.2) is 0 Å². The molecule has 0 aromatic carbocycles. The summed E-state index contributed by atoms with van der Waals surface area (Å²) in [5.74, 6) is -0.161. The van der Waals surface area contributed by atoms with Crippen LogP contribution < -0.4 is 0 Å². The van der Waals surface area contributed by atoms with Crippen molar-refractivity contribution in [2.24, 2.45) is 0 Å². The fourth-order valence-corrected chi connectivity index (χ4v) is 3.64. The molecule has 124 valence electrons. The largest absolute Gasteiger partial charge is 0.384 e. The highest BCUT2D eigenvalue weighted by Gasteiger charge is 2.24. The SMILES string of the molecule is CC(O)C(=O)N1CCN(Cc2cccn2Cc2cccs2)CC1. The van der Waals surface area contributed by atoms with Gasteiger partial charge in [0.15, 0.2) is 0 Å². The van der Waals surface area contributed by atoms with Crippen LogP contribution in [0, 0.1) is 0 Å². The van der Waals surface area contributed by atoms with Gasteiger partial charge in [0.1, 0.15) is 6.10 Å². The second-order valence-corrected chi connectivity index (χ2v) is 7.02. The number of aliphatic hydroxyl groups excluding tert-OH is 1. The van der Waals surface area contributed by atoms with E-state index in [0.29, 0.717) is 13.1 Å². The number of carbonyl (C=O) groups excluding carboxylic acids is 1. The summed E-state index contributed by atoms with van der Waals surface area (Å²) in [7, 11) is 0. The molecule has 1 aliphatic heterocycles. The van der Waals surface area contributed by atoms with Gasteiger partial charge in [-0.3, -0.25) is 9.69 Å². The van der Waals surface area contributed by atoms with Gasteiger partial charge in [-0.2, -0.15) is 0 Å². The number of nitrogens with zero attached hydrogens (tertiary/aromatic N) is 3. The minimum absolute atomic E-state index is 0.161. The Balaban J connectivity index is 1.55. The molecule has 0 saturated carbocycles. The zero-order valence-electron chi connectivity index (χ0n) is 13.4. The smallest absolute Gasteiger partial charge is 0.251 e. The quantitative estimate of drug-likeness (QED) is 0.905. The Labute approximate surface area is 140 Å². The number of thiophene rings is 1. The standard InChI is InChI=1S/C17H23N3O2S/c1-14(21)17(22)19-9-7-18(8-10-19)12-15-4-2-6-20(15)13-16-5-3-11-23-16/h2-6,11,14,21H,7-10,12-13H2,1H3. The highest BCUT2D eigenvalue weighted by molar-refractivity contribution is 7.09. The topological polar surface area (TPSA) is 48.7 Å². The number of aromatic nitrogens is 1. The van der Waals surface area contributed by atoms with Crippen molar-refractivity contribution in [2.75, 3.05) is 26.2 Å². The molecule has 0 aliphatic carbocycles. The first kappa shape index (κ1) is 16.2. The number of rotatable bonds is 5. The number of amides is 1. The minimum atomic E-state index is -0.899. The fraction of sp³-hybridized carbons (Fsp3) is 0.471. The lowest BCUT2D eigenvalue weighted by Crippen LogP contribution is -2.50. The molecule has 2 aromatic rings. The lowest BCUT2D eigenvalue weighted by molar-refractivity contribution is -0.141. The van der Waals surface area contributed by atoms with E-state index in [2.05, 4.69) is 45.3 Å². The number of aliphatic hydroxyl groups is 1. The summed E-state index contributed by atoms with van der Waals surface area (Å²) in [6, 6.07) is 8.51. The van der Waals surface area contributed by atoms with Crippen LogP contribution in [0.2, 0.25) is 0 Å². The molecule has 1 saturated heterocycles. The van der Waals surface area contributed by atoms with E-state index in [-0.39, 0.29) is 5.91 Å². The van der Waals surface area contributed by atoms with Crippen LogP contribution in [0.15, 0.2) is 35.8 Å². The lowest BCUT2D eigenvalue weighted by Gasteiger charge is -2.35. The van der Waals surface area contributed by atoms with E-state index in [1.165, 1.54) is 17.5 Å². The van der Waals surface area contributed by atoms with Crippen LogP contribution in [0.5, 0.6) is 0 Å². The monoisotopic (exact) mass is 333 g/mol. The molecule has 1 amide bonds. The van der Waals surface area contributed by atoms with Gasteiger partial charge in [-0.15, -0.1) is 11.3 Å². The van der Waals surface area contributed by atoms with Crippen molar-refractivity contribution < 1.29 is 9.90 Å². The maximum atomic E-state index is 11.8. The summed E-state index contributed by atoms with van der Waals surface area (Å²) in [5, 5.41) is 11.5. The van der Waals surface area contributed by atoms with Crippen LogP contribution >= 0.6 is 11.3 Å². The van der Waals surface area contributed by atoms with Crippen molar-refractivity contribution in [3.63, 3.8) is 0 Å². The molecule has 2 aromatic heterocycles. The van der Waals surface area contributed by atoms with Gasteiger partial charge in [-0.1, -0.05) is 6.07 Å². The van der Waals surface area contributed by atoms with E-state index in [4.69, 9.17) is 0 Å². The number of piperazine rings is 1. The Bertz CT molecular complexity index is 628. The van der Waals surface area contributed by atoms with Gasteiger partial charge in [-0.05, 0) is 30.5 Å². The summed E-state index contributed by atoms with van der Waals surface area (Å²) in [5.41, 5.74) is 1.30. The Morgan fingerprint density at radius 3 is 2.65 bits per heavy atom. The average Bonchev–Trinajstić information content (AvgIpc) is 3.20. The molecule has 3 rings (SSSR count). The molecule has 0 radical (unpaired) electrons. The van der Waals surface area contributed by atoms with Gasteiger partial charge >= 0.3 is 0 Å². The fourth-order valence-electron chi connectivity index (χ4n) is 2.94. The predicted molar refractivity (Wildman–Crippen MR) is 91.4 cm³/mol. The minimum Gasteiger partial charge on any atom is -0.384 e. The van der Waals surface area contributed by atoms with Crippen molar-refractivity contribution in [2.45, 2.75) is 26.1 Å². The molecule has 23 heavy (non-hydrogen) atoms. The van der Waals surface area contributed by atoms with Gasteiger partial charge in [0.25, 0.3) is 5.91 Å². The third-order valence-corrected chi connectivity index (χ3v) is 5.12. The summed E-state index contributed by atoms with van der Waals surface area (Å²) < 4.78 is 2.29. The first-order valence-electron chi connectivity index (χ1n) is 7.99. The van der Waals surface area contributed by atoms with E-state index in [0.717, 1.165) is 26.2 Å². The normalized spacial score (nSPS) is 17.4. The second kappa shape index (κ2) is 7.29. The van der Waals surface area contributed by atoms with Crippen LogP contribution in [0.1, 0.15) is 17.5 Å². The summed E-state index contributed by atoms with van der Waals surface area (Å²) in [6.07, 6.45) is 1.23. The first-order valence-corrected chi connectivity index (χ1v) is 8.87. The van der Waals surface area contributed by atoms with E-state index in [9.17, 15) is 9.90 Å². The Morgan fingerprint density at radius 1 is 1.22 bits per heavy atom. The van der Waals surface area contributed by atoms with Crippen molar-refractivity contribution in [3.8, 4) is 0 Å². The van der Waals surface area contributed by atoms with E-state index >= 15 is 0 Å². The molecular formula is C17H23N3O2S. The third-order valence-electron chi connectivity index (χ3n) is 4.26. The molecule has 5 nitrogen and oxygen atoms in total. The Hall–Kier alpha value is -1.63. The van der Waals surface area contributed by atoms with Crippen molar-refractivity contribution in [1.29, 1.82) is 0 Å². The number of hydrogen-bond acceptors (Lipinski definition) is 4. The highest BCUT2D eigenvalue weighted by atomic mass is 32.1. The lowest BCUT2D eigenvalue weighted by atomic mass is 10.2. The highest BCUT2D eigenvalue weighted by Crippen LogP contribution is 2.15. The number of carbonyl (C=O) groups is 1. The molecule has 1 fully saturated rings. The summed E-state index contributed by atoms with van der Waals surface area (Å²) in [4.78, 5) is 17.3. The summed E-state index contributed by atoms with van der Waals surface area (Å²) in [6.45, 7) is 6.43. The molecule has 1 aliphatic rings. The van der Waals surface area contributed by atoms with Crippen molar-refractivity contribution in [1.82, 2.24) is 14.4 Å². The molecule has 0 bridgehead atoms. The van der Waals surface area contributed by atoms with Crippen LogP contribution in [0.25, 0.3) is 0 Å². The third kappa shape index (κ3) is 4.02. The molecule has 0 spiro atoms. The van der Waals surface area contributed by atoms with E-state index in [1.807, 2.05) is 0 Å². The Kier molecular flexibility index (Phi) is 5.15. The van der Waals surface area contributed by atoms with Crippen LogP contribution in [0.4, 0.5) is 0 Å². The van der Waals surface area contributed by atoms with Gasteiger partial charge in [0.05, 0.1) is 6.54 Å². The molecular weight excluding hydrogens is 310 g/mol. The van der Waals surface area contributed by atoms with Gasteiger partial charge in [0, 0.05) is 49.5 Å². The molecule has 1 unspecified atom stereocenters. The van der Waals surface area contributed by atoms with Crippen molar-refractivity contribution in [3.05, 3.63) is 46.4 Å². The summed E-state index contributed by atoms with van der Waals surface area (Å²) >= 11 is 1.78. The second-order valence-electron chi connectivity index (χ2n) is 5.98. The maximum Gasteiger partial charge on any atom is 0.251 e. The zero-order valence-corrected chi connectivity index (χ0v) is 14.2. The number of hydrogen-bond donors (Lipinski definition) is 1. The molecule has 3 heterocycles. The molecule has 1 N–H and O–H groups in total.